The minimum Gasteiger partial charge on any atom is -0.399 e. The Kier molecular flexibility index (Phi) is 12.1. The zero-order valence-corrected chi connectivity index (χ0v) is 21.6. The van der Waals surface area contributed by atoms with E-state index in [4.69, 9.17) is 19.0 Å². The SMILES string of the molecule is CO/N=C/C[C@@H](OCc1ccccc1)[C@H](OCc1ccccc1)[C@@H](I)COCc1ccccc1. The molecule has 0 spiro atoms. The molecule has 6 heteroatoms. The van der Waals surface area contributed by atoms with Crippen LogP contribution in [0.1, 0.15) is 23.1 Å². The summed E-state index contributed by atoms with van der Waals surface area (Å²) in [5.41, 5.74) is 3.38. The molecule has 3 atom stereocenters. The summed E-state index contributed by atoms with van der Waals surface area (Å²) in [6, 6.07) is 30.5. The third-order valence-corrected chi connectivity index (χ3v) is 6.29. The van der Waals surface area contributed by atoms with Crippen LogP contribution < -0.4 is 0 Å². The minimum absolute atomic E-state index is 0.0711. The van der Waals surface area contributed by atoms with E-state index in [0.717, 1.165) is 16.7 Å². The molecule has 0 aromatic heterocycles. The summed E-state index contributed by atoms with van der Waals surface area (Å²) in [5, 5.41) is 3.93. The molecule has 0 heterocycles. The first-order valence-electron chi connectivity index (χ1n) is 11.4. The lowest BCUT2D eigenvalue weighted by Gasteiger charge is -2.30. The second-order valence-corrected chi connectivity index (χ2v) is 9.42. The Morgan fingerprint density at radius 1 is 0.735 bits per heavy atom. The van der Waals surface area contributed by atoms with E-state index in [-0.39, 0.29) is 16.1 Å². The highest BCUT2D eigenvalue weighted by atomic mass is 127. The van der Waals surface area contributed by atoms with Crippen molar-refractivity contribution in [3.63, 3.8) is 0 Å². The molecule has 0 N–H and O–H groups in total. The van der Waals surface area contributed by atoms with Crippen LogP contribution in [0.2, 0.25) is 0 Å². The van der Waals surface area contributed by atoms with Crippen LogP contribution in [-0.4, -0.2) is 36.1 Å². The van der Waals surface area contributed by atoms with E-state index in [9.17, 15) is 0 Å². The van der Waals surface area contributed by atoms with Crippen molar-refractivity contribution in [2.45, 2.75) is 42.4 Å². The van der Waals surface area contributed by atoms with Gasteiger partial charge in [0.05, 0.1) is 42.6 Å². The first-order valence-corrected chi connectivity index (χ1v) is 12.6. The van der Waals surface area contributed by atoms with Gasteiger partial charge in [-0.3, -0.25) is 0 Å². The minimum atomic E-state index is -0.218. The second-order valence-electron chi connectivity index (χ2n) is 7.82. The third-order valence-electron chi connectivity index (χ3n) is 5.22. The fourth-order valence-electron chi connectivity index (χ4n) is 3.47. The lowest BCUT2D eigenvalue weighted by Crippen LogP contribution is -2.41. The number of hydrogen-bond donors (Lipinski definition) is 0. The van der Waals surface area contributed by atoms with E-state index in [1.165, 1.54) is 7.11 Å². The number of halogens is 1. The molecular formula is C28H32INO4. The fraction of sp³-hybridized carbons (Fsp3) is 0.321. The maximum Gasteiger partial charge on any atom is 0.106 e. The maximum absolute atomic E-state index is 6.46. The molecule has 34 heavy (non-hydrogen) atoms. The van der Waals surface area contributed by atoms with Crippen LogP contribution in [0.3, 0.4) is 0 Å². The predicted molar refractivity (Wildman–Crippen MR) is 144 cm³/mol. The molecule has 3 rings (SSSR count). The first kappa shape index (κ1) is 26.3. The number of alkyl halides is 1. The highest BCUT2D eigenvalue weighted by Crippen LogP contribution is 2.22. The van der Waals surface area contributed by atoms with Crippen molar-refractivity contribution in [3.8, 4) is 0 Å². The van der Waals surface area contributed by atoms with Crippen LogP contribution in [0.4, 0.5) is 0 Å². The van der Waals surface area contributed by atoms with Gasteiger partial charge in [0.25, 0.3) is 0 Å². The largest absolute Gasteiger partial charge is 0.399 e. The Hall–Kier alpha value is -2.26. The van der Waals surface area contributed by atoms with Crippen molar-refractivity contribution in [2.75, 3.05) is 13.7 Å². The number of ether oxygens (including phenoxy) is 3. The van der Waals surface area contributed by atoms with Gasteiger partial charge in [-0.1, -0.05) is 119 Å². The fourth-order valence-corrected chi connectivity index (χ4v) is 4.39. The van der Waals surface area contributed by atoms with Crippen molar-refractivity contribution in [1.29, 1.82) is 0 Å². The molecule has 0 radical (unpaired) electrons. The van der Waals surface area contributed by atoms with Gasteiger partial charge in [-0.15, -0.1) is 0 Å². The van der Waals surface area contributed by atoms with Crippen molar-refractivity contribution in [2.24, 2.45) is 5.16 Å². The standard InChI is InChI=1S/C28H32INO4/c1-31-30-18-17-27(33-20-24-13-7-3-8-14-24)28(34-21-25-15-9-4-10-16-25)26(29)22-32-19-23-11-5-2-6-12-23/h2-16,18,26-28H,17,19-22H2,1H3/b30-18+/t26-,27+,28+/m0/s1. The van der Waals surface area contributed by atoms with Gasteiger partial charge in [-0.2, -0.15) is 0 Å². The molecule has 0 aliphatic carbocycles. The summed E-state index contributed by atoms with van der Waals surface area (Å²) in [5.74, 6) is 0. The predicted octanol–water partition coefficient (Wildman–Crippen LogP) is 6.20. The molecule has 180 valence electrons. The third kappa shape index (κ3) is 9.54. The van der Waals surface area contributed by atoms with E-state index in [2.05, 4.69) is 64.1 Å². The number of oxime groups is 1. The van der Waals surface area contributed by atoms with Gasteiger partial charge in [0.15, 0.2) is 0 Å². The van der Waals surface area contributed by atoms with Crippen molar-refractivity contribution < 1.29 is 19.0 Å². The molecule has 0 aliphatic heterocycles. The average molecular weight is 573 g/mol. The van der Waals surface area contributed by atoms with E-state index >= 15 is 0 Å². The van der Waals surface area contributed by atoms with Gasteiger partial charge in [0, 0.05) is 12.6 Å². The summed E-state index contributed by atoms with van der Waals surface area (Å²) in [4.78, 5) is 4.88. The van der Waals surface area contributed by atoms with Crippen LogP contribution in [0.25, 0.3) is 0 Å². The summed E-state index contributed by atoms with van der Waals surface area (Å²) < 4.78 is 19.0. The Morgan fingerprint density at radius 3 is 1.76 bits per heavy atom. The highest BCUT2D eigenvalue weighted by Gasteiger charge is 2.30. The zero-order valence-electron chi connectivity index (χ0n) is 19.5. The molecular weight excluding hydrogens is 541 g/mol. The molecule has 5 nitrogen and oxygen atoms in total. The highest BCUT2D eigenvalue weighted by molar-refractivity contribution is 14.1. The van der Waals surface area contributed by atoms with E-state index in [0.29, 0.717) is 32.8 Å². The molecule has 3 aromatic carbocycles. The first-order chi connectivity index (χ1) is 16.8. The van der Waals surface area contributed by atoms with E-state index < -0.39 is 0 Å². The number of benzene rings is 3. The van der Waals surface area contributed by atoms with Crippen LogP contribution in [0.5, 0.6) is 0 Å². The quantitative estimate of drug-likeness (QED) is 0.0941. The Morgan fingerprint density at radius 2 is 1.24 bits per heavy atom. The monoisotopic (exact) mass is 573 g/mol. The molecule has 0 saturated heterocycles. The van der Waals surface area contributed by atoms with Crippen LogP contribution in [0.15, 0.2) is 96.2 Å². The van der Waals surface area contributed by atoms with Gasteiger partial charge in [0.2, 0.25) is 0 Å². The lowest BCUT2D eigenvalue weighted by atomic mass is 10.1. The van der Waals surface area contributed by atoms with Gasteiger partial charge >= 0.3 is 0 Å². The van der Waals surface area contributed by atoms with Gasteiger partial charge < -0.3 is 19.0 Å². The molecule has 0 bridgehead atoms. The van der Waals surface area contributed by atoms with Crippen LogP contribution >= 0.6 is 22.6 Å². The van der Waals surface area contributed by atoms with Crippen molar-refractivity contribution >= 4 is 28.8 Å². The summed E-state index contributed by atoms with van der Waals surface area (Å²) in [7, 11) is 1.54. The molecule has 0 saturated carbocycles. The Balaban J connectivity index is 1.69. The topological polar surface area (TPSA) is 49.3 Å². The van der Waals surface area contributed by atoms with E-state index in [1.54, 1.807) is 6.21 Å². The number of rotatable bonds is 15. The molecule has 0 fully saturated rings. The summed E-state index contributed by atoms with van der Waals surface area (Å²) in [6.07, 6.45) is 1.88. The van der Waals surface area contributed by atoms with E-state index in [1.807, 2.05) is 54.6 Å². The molecule has 0 aliphatic rings. The Bertz CT molecular complexity index is 940. The van der Waals surface area contributed by atoms with Crippen LogP contribution in [-0.2, 0) is 38.9 Å². The number of hydrogen-bond acceptors (Lipinski definition) is 5. The summed E-state index contributed by atoms with van der Waals surface area (Å²) in [6.45, 7) is 2.09. The number of nitrogens with zero attached hydrogens (tertiary/aromatic N) is 1. The van der Waals surface area contributed by atoms with Gasteiger partial charge in [0.1, 0.15) is 7.11 Å². The Labute approximate surface area is 216 Å². The van der Waals surface area contributed by atoms with Gasteiger partial charge in [-0.05, 0) is 16.7 Å². The molecule has 3 aromatic rings. The maximum atomic E-state index is 6.46. The average Bonchev–Trinajstić information content (AvgIpc) is 2.89. The molecule has 0 unspecified atom stereocenters. The smallest absolute Gasteiger partial charge is 0.106 e. The van der Waals surface area contributed by atoms with Crippen molar-refractivity contribution in [3.05, 3.63) is 108 Å². The zero-order chi connectivity index (χ0) is 23.8. The second kappa shape index (κ2) is 15.6. The van der Waals surface area contributed by atoms with Crippen molar-refractivity contribution in [1.82, 2.24) is 0 Å². The molecule has 0 amide bonds. The normalized spacial score (nSPS) is 14.1. The lowest BCUT2D eigenvalue weighted by molar-refractivity contribution is -0.0875. The van der Waals surface area contributed by atoms with Crippen LogP contribution in [0, 0.1) is 0 Å². The van der Waals surface area contributed by atoms with Gasteiger partial charge in [-0.25, -0.2) is 0 Å². The summed E-state index contributed by atoms with van der Waals surface area (Å²) >= 11 is 2.41.